The third-order valence-electron chi connectivity index (χ3n) is 3.76. The average Bonchev–Trinajstić information content (AvgIpc) is 3.10. The number of carboxylic acids is 1. The van der Waals surface area contributed by atoms with Crippen LogP contribution in [0.1, 0.15) is 40.0 Å². The van der Waals surface area contributed by atoms with Crippen LogP contribution in [-0.2, 0) is 9.53 Å². The molecule has 2 N–H and O–H groups in total. The van der Waals surface area contributed by atoms with Gasteiger partial charge in [-0.15, -0.1) is 0 Å². The van der Waals surface area contributed by atoms with E-state index in [0.29, 0.717) is 13.2 Å². The Bertz CT molecular complexity index is 359. The molecule has 0 heterocycles. The summed E-state index contributed by atoms with van der Waals surface area (Å²) in [6.07, 6.45) is 3.11. The number of hydrogen-bond acceptors (Lipinski definition) is 3. The first-order chi connectivity index (χ1) is 9.20. The van der Waals surface area contributed by atoms with E-state index in [9.17, 15) is 9.59 Å². The number of ether oxygens (including phenoxy) is 1. The molecular weight excluding hydrogens is 260 g/mol. The number of aliphatic carboxylic acids is 1. The van der Waals surface area contributed by atoms with Crippen LogP contribution in [0.25, 0.3) is 0 Å². The Morgan fingerprint density at radius 1 is 1.35 bits per heavy atom. The van der Waals surface area contributed by atoms with Crippen molar-refractivity contribution < 1.29 is 19.4 Å². The molecule has 6 nitrogen and oxygen atoms in total. The summed E-state index contributed by atoms with van der Waals surface area (Å²) in [5.41, 5.74) is -0.371. The van der Waals surface area contributed by atoms with Crippen LogP contribution in [0.2, 0.25) is 0 Å². The van der Waals surface area contributed by atoms with Gasteiger partial charge in [0.05, 0.1) is 0 Å². The molecule has 0 atom stereocenters. The van der Waals surface area contributed by atoms with E-state index in [2.05, 4.69) is 5.32 Å². The number of methoxy groups -OCH3 is 1. The smallest absolute Gasteiger partial charge is 0.323 e. The minimum atomic E-state index is -1.00. The maximum atomic E-state index is 12.2. The number of hydrogen-bond donors (Lipinski definition) is 2. The van der Waals surface area contributed by atoms with Crippen LogP contribution in [0.3, 0.4) is 0 Å². The van der Waals surface area contributed by atoms with Gasteiger partial charge in [-0.2, -0.15) is 0 Å². The molecule has 0 saturated heterocycles. The lowest BCUT2D eigenvalue weighted by atomic mass is 10.0. The van der Waals surface area contributed by atoms with Crippen LogP contribution in [0, 0.1) is 5.41 Å². The zero-order valence-electron chi connectivity index (χ0n) is 12.9. The molecule has 0 bridgehead atoms. The monoisotopic (exact) mass is 286 g/mol. The van der Waals surface area contributed by atoms with Crippen molar-refractivity contribution in [1.82, 2.24) is 10.2 Å². The summed E-state index contributed by atoms with van der Waals surface area (Å²) in [7, 11) is 1.67. The van der Waals surface area contributed by atoms with Gasteiger partial charge >= 0.3 is 12.0 Å². The fourth-order valence-electron chi connectivity index (χ4n) is 2.12. The highest BCUT2D eigenvalue weighted by molar-refractivity contribution is 5.80. The van der Waals surface area contributed by atoms with Gasteiger partial charge in [-0.1, -0.05) is 0 Å². The van der Waals surface area contributed by atoms with Crippen LogP contribution in [0.5, 0.6) is 0 Å². The third-order valence-corrected chi connectivity index (χ3v) is 3.76. The summed E-state index contributed by atoms with van der Waals surface area (Å²) in [5.74, 6) is -1.00. The van der Waals surface area contributed by atoms with Crippen LogP contribution in [0.15, 0.2) is 0 Å². The van der Waals surface area contributed by atoms with Crippen molar-refractivity contribution in [2.24, 2.45) is 5.41 Å². The highest BCUT2D eigenvalue weighted by atomic mass is 16.5. The Hall–Kier alpha value is -1.30. The van der Waals surface area contributed by atoms with Gasteiger partial charge < -0.3 is 20.1 Å². The molecule has 0 radical (unpaired) electrons. The lowest BCUT2D eigenvalue weighted by molar-refractivity contribution is -0.138. The number of urea groups is 1. The van der Waals surface area contributed by atoms with Gasteiger partial charge in [-0.3, -0.25) is 4.79 Å². The molecule has 0 unspecified atom stereocenters. The van der Waals surface area contributed by atoms with Crippen molar-refractivity contribution in [3.8, 4) is 0 Å². The molecule has 0 aliphatic heterocycles. The first kappa shape index (κ1) is 16.8. The van der Waals surface area contributed by atoms with E-state index < -0.39 is 11.5 Å². The van der Waals surface area contributed by atoms with E-state index in [1.54, 1.807) is 7.11 Å². The number of amides is 2. The molecular formula is C14H26N2O4. The molecule has 6 heteroatoms. The van der Waals surface area contributed by atoms with Crippen molar-refractivity contribution in [2.45, 2.75) is 45.6 Å². The van der Waals surface area contributed by atoms with E-state index in [4.69, 9.17) is 9.84 Å². The fraction of sp³-hybridized carbons (Fsp3) is 0.857. The largest absolute Gasteiger partial charge is 0.480 e. The zero-order chi connectivity index (χ0) is 15.4. The van der Waals surface area contributed by atoms with Crippen molar-refractivity contribution >= 4 is 12.0 Å². The standard InChI is InChI=1S/C14H26N2O4/c1-13(2,3)16(9-11(17)18)12(19)15-10-14(5-6-14)7-8-20-4/h5-10H2,1-4H3,(H,15,19)(H,17,18). The van der Waals surface area contributed by atoms with E-state index in [0.717, 1.165) is 19.3 Å². The van der Waals surface area contributed by atoms with Gasteiger partial charge in [0.2, 0.25) is 0 Å². The molecule has 2 amide bonds. The Balaban J connectivity index is 2.52. The Labute approximate surface area is 120 Å². The van der Waals surface area contributed by atoms with Gasteiger partial charge in [0.25, 0.3) is 0 Å². The summed E-state index contributed by atoms with van der Waals surface area (Å²) in [6.45, 7) is 6.46. The molecule has 0 aromatic heterocycles. The minimum absolute atomic E-state index is 0.151. The van der Waals surface area contributed by atoms with E-state index in [1.807, 2.05) is 20.8 Å². The molecule has 1 aliphatic carbocycles. The second-order valence-electron chi connectivity index (χ2n) is 6.55. The molecule has 20 heavy (non-hydrogen) atoms. The summed E-state index contributed by atoms with van der Waals surface area (Å²) in [4.78, 5) is 24.4. The maximum absolute atomic E-state index is 12.2. The fourth-order valence-corrected chi connectivity index (χ4v) is 2.12. The second-order valence-corrected chi connectivity index (χ2v) is 6.55. The van der Waals surface area contributed by atoms with E-state index in [1.165, 1.54) is 4.90 Å². The van der Waals surface area contributed by atoms with Crippen molar-refractivity contribution in [3.05, 3.63) is 0 Å². The first-order valence-corrected chi connectivity index (χ1v) is 6.96. The predicted octanol–water partition coefficient (Wildman–Crippen LogP) is 1.70. The van der Waals surface area contributed by atoms with E-state index >= 15 is 0 Å². The molecule has 1 saturated carbocycles. The van der Waals surface area contributed by atoms with Crippen molar-refractivity contribution in [3.63, 3.8) is 0 Å². The van der Waals surface area contributed by atoms with Gasteiger partial charge in [-0.25, -0.2) is 4.79 Å². The lowest BCUT2D eigenvalue weighted by Gasteiger charge is -2.34. The average molecular weight is 286 g/mol. The number of carbonyl (C=O) groups excluding carboxylic acids is 1. The number of nitrogens with zero attached hydrogens (tertiary/aromatic N) is 1. The van der Waals surface area contributed by atoms with Crippen LogP contribution in [0.4, 0.5) is 4.79 Å². The van der Waals surface area contributed by atoms with E-state index in [-0.39, 0.29) is 18.0 Å². The third kappa shape index (κ3) is 5.00. The Morgan fingerprint density at radius 3 is 2.35 bits per heavy atom. The normalized spacial score (nSPS) is 16.6. The molecule has 0 spiro atoms. The Morgan fingerprint density at radius 2 is 1.95 bits per heavy atom. The summed E-state index contributed by atoms with van der Waals surface area (Å²) < 4.78 is 5.08. The van der Waals surface area contributed by atoms with Crippen molar-refractivity contribution in [1.29, 1.82) is 0 Å². The first-order valence-electron chi connectivity index (χ1n) is 6.96. The number of nitrogens with one attached hydrogen (secondary N) is 1. The summed E-state index contributed by atoms with van der Waals surface area (Å²) >= 11 is 0. The molecule has 116 valence electrons. The number of carboxylic acid groups (broad SMARTS) is 1. The number of rotatable bonds is 7. The SMILES string of the molecule is COCCC1(CNC(=O)N(CC(=O)O)C(C)(C)C)CC1. The minimum Gasteiger partial charge on any atom is -0.480 e. The van der Waals surface area contributed by atoms with Crippen LogP contribution < -0.4 is 5.32 Å². The van der Waals surface area contributed by atoms with Crippen LogP contribution in [-0.4, -0.2) is 54.4 Å². The molecule has 1 fully saturated rings. The van der Waals surface area contributed by atoms with Crippen LogP contribution >= 0.6 is 0 Å². The zero-order valence-corrected chi connectivity index (χ0v) is 12.9. The van der Waals surface area contributed by atoms with Gasteiger partial charge in [-0.05, 0) is 45.4 Å². The second kappa shape index (κ2) is 6.43. The maximum Gasteiger partial charge on any atom is 0.323 e. The quantitative estimate of drug-likeness (QED) is 0.746. The molecule has 0 aromatic carbocycles. The molecule has 1 aliphatic rings. The number of carbonyl (C=O) groups is 2. The molecule has 0 aromatic rings. The van der Waals surface area contributed by atoms with Gasteiger partial charge in [0.1, 0.15) is 6.54 Å². The summed E-state index contributed by atoms with van der Waals surface area (Å²) in [5, 5.41) is 11.8. The molecule has 1 rings (SSSR count). The topological polar surface area (TPSA) is 78.9 Å². The van der Waals surface area contributed by atoms with Gasteiger partial charge in [0, 0.05) is 25.8 Å². The lowest BCUT2D eigenvalue weighted by Crippen LogP contribution is -2.53. The predicted molar refractivity (Wildman–Crippen MR) is 75.7 cm³/mol. The Kier molecular flexibility index (Phi) is 5.39. The summed E-state index contributed by atoms with van der Waals surface area (Å²) in [6, 6.07) is -0.316. The van der Waals surface area contributed by atoms with Gasteiger partial charge in [0.15, 0.2) is 0 Å². The highest BCUT2D eigenvalue weighted by Gasteiger charge is 2.42. The van der Waals surface area contributed by atoms with Crippen molar-refractivity contribution in [2.75, 3.05) is 26.8 Å². The highest BCUT2D eigenvalue weighted by Crippen LogP contribution is 2.48.